The van der Waals surface area contributed by atoms with Gasteiger partial charge in [-0.25, -0.2) is 13.1 Å². The maximum Gasteiger partial charge on any atom is 0.208 e. The van der Waals surface area contributed by atoms with Gasteiger partial charge in [0.05, 0.1) is 30.4 Å². The largest absolute Gasteiger partial charge is 0.491 e. The molecule has 2 N–H and O–H groups in total. The predicted octanol–water partition coefficient (Wildman–Crippen LogP) is 1.57. The van der Waals surface area contributed by atoms with Crippen LogP contribution in [0.2, 0.25) is 0 Å². The van der Waals surface area contributed by atoms with Crippen molar-refractivity contribution < 1.29 is 13.2 Å². The quantitative estimate of drug-likeness (QED) is 0.792. The molecule has 0 atom stereocenters. The lowest BCUT2D eigenvalue weighted by Crippen LogP contribution is -2.67. The lowest BCUT2D eigenvalue weighted by Gasteiger charge is -2.70. The Balaban J connectivity index is 1.27. The van der Waals surface area contributed by atoms with Gasteiger partial charge >= 0.3 is 0 Å². The zero-order valence-corrected chi connectivity index (χ0v) is 14.3. The lowest BCUT2D eigenvalue weighted by atomic mass is 9.35. The molecule has 0 radical (unpaired) electrons. The van der Waals surface area contributed by atoms with E-state index in [0.717, 1.165) is 36.4 Å². The average molecular weight is 348 g/mol. The molecule has 5 rings (SSSR count). The third kappa shape index (κ3) is 2.91. The monoisotopic (exact) mass is 348 g/mol. The van der Waals surface area contributed by atoms with E-state index in [4.69, 9.17) is 4.74 Å². The Labute approximate surface area is 140 Å². The summed E-state index contributed by atoms with van der Waals surface area (Å²) in [6, 6.07) is 5.69. The second-order valence-electron chi connectivity index (χ2n) is 7.26. The Morgan fingerprint density at radius 1 is 1.25 bits per heavy atom. The Bertz CT molecular complexity index is 811. The van der Waals surface area contributed by atoms with E-state index >= 15 is 0 Å². The SMILES string of the molecule is CS(=O)(=O)NCC12CC(COc3ccc(-c4ccn[nH]4)nc3)(C1)C2. The normalized spacial score (nSPS) is 28.0. The van der Waals surface area contributed by atoms with Crippen LogP contribution in [0.15, 0.2) is 30.6 Å². The summed E-state index contributed by atoms with van der Waals surface area (Å²) in [4.78, 5) is 4.38. The molecular weight excluding hydrogens is 328 g/mol. The molecule has 7 nitrogen and oxygen atoms in total. The van der Waals surface area contributed by atoms with Gasteiger partial charge in [-0.15, -0.1) is 0 Å². The number of aromatic nitrogens is 3. The highest BCUT2D eigenvalue weighted by atomic mass is 32.2. The second kappa shape index (κ2) is 5.29. The van der Waals surface area contributed by atoms with Crippen molar-refractivity contribution in [2.24, 2.45) is 10.8 Å². The predicted molar refractivity (Wildman–Crippen MR) is 88.9 cm³/mol. The number of nitrogens with one attached hydrogen (secondary N) is 2. The molecule has 0 aliphatic heterocycles. The zero-order chi connectivity index (χ0) is 16.8. The van der Waals surface area contributed by atoms with Crippen LogP contribution in [0, 0.1) is 10.8 Å². The smallest absolute Gasteiger partial charge is 0.208 e. The zero-order valence-electron chi connectivity index (χ0n) is 13.4. The minimum absolute atomic E-state index is 0.162. The molecule has 0 saturated heterocycles. The molecule has 3 saturated carbocycles. The summed E-state index contributed by atoms with van der Waals surface area (Å²) < 4.78 is 30.9. The van der Waals surface area contributed by atoms with Gasteiger partial charge < -0.3 is 4.74 Å². The van der Waals surface area contributed by atoms with Crippen molar-refractivity contribution in [3.8, 4) is 17.1 Å². The number of ether oxygens (including phenoxy) is 1. The van der Waals surface area contributed by atoms with Crippen molar-refractivity contribution in [1.82, 2.24) is 19.9 Å². The molecule has 2 bridgehead atoms. The van der Waals surface area contributed by atoms with Crippen LogP contribution < -0.4 is 9.46 Å². The van der Waals surface area contributed by atoms with Gasteiger partial charge in [0.2, 0.25) is 10.0 Å². The molecule has 2 aromatic rings. The van der Waals surface area contributed by atoms with E-state index in [1.165, 1.54) is 6.26 Å². The van der Waals surface area contributed by atoms with Gasteiger partial charge in [-0.05, 0) is 42.9 Å². The molecule has 3 aliphatic rings. The first kappa shape index (κ1) is 15.6. The molecule has 2 aromatic heterocycles. The number of pyridine rings is 1. The summed E-state index contributed by atoms with van der Waals surface area (Å²) >= 11 is 0. The minimum Gasteiger partial charge on any atom is -0.491 e. The fraction of sp³-hybridized carbons (Fsp3) is 0.500. The van der Waals surface area contributed by atoms with Gasteiger partial charge in [-0.2, -0.15) is 5.10 Å². The third-order valence-corrected chi connectivity index (χ3v) is 5.69. The van der Waals surface area contributed by atoms with Crippen LogP contribution >= 0.6 is 0 Å². The highest BCUT2D eigenvalue weighted by Crippen LogP contribution is 2.72. The Kier molecular flexibility index (Phi) is 3.43. The van der Waals surface area contributed by atoms with Crippen molar-refractivity contribution in [1.29, 1.82) is 0 Å². The van der Waals surface area contributed by atoms with E-state index in [1.807, 2.05) is 18.2 Å². The number of hydrogen-bond acceptors (Lipinski definition) is 5. The van der Waals surface area contributed by atoms with Crippen molar-refractivity contribution >= 4 is 10.0 Å². The van der Waals surface area contributed by atoms with Crippen molar-refractivity contribution in [3.05, 3.63) is 30.6 Å². The first-order valence-electron chi connectivity index (χ1n) is 7.91. The van der Waals surface area contributed by atoms with Crippen molar-refractivity contribution in [2.75, 3.05) is 19.4 Å². The van der Waals surface area contributed by atoms with Crippen molar-refractivity contribution in [2.45, 2.75) is 19.3 Å². The first-order chi connectivity index (χ1) is 11.4. The Morgan fingerprint density at radius 3 is 2.62 bits per heavy atom. The van der Waals surface area contributed by atoms with Crippen LogP contribution in [0.25, 0.3) is 11.4 Å². The first-order valence-corrected chi connectivity index (χ1v) is 9.80. The third-order valence-electron chi connectivity index (χ3n) is 5.02. The Morgan fingerprint density at radius 2 is 2.04 bits per heavy atom. The lowest BCUT2D eigenvalue weighted by molar-refractivity contribution is -0.213. The molecular formula is C16H20N4O3S. The summed E-state index contributed by atoms with van der Waals surface area (Å²) in [5.74, 6) is 0.756. The van der Waals surface area contributed by atoms with E-state index in [0.29, 0.717) is 13.2 Å². The summed E-state index contributed by atoms with van der Waals surface area (Å²) in [7, 11) is -3.10. The average Bonchev–Trinajstić information content (AvgIpc) is 2.97. The summed E-state index contributed by atoms with van der Waals surface area (Å²) in [5.41, 5.74) is 2.09. The molecule has 0 amide bonds. The minimum atomic E-state index is -3.10. The molecule has 0 unspecified atom stereocenters. The summed E-state index contributed by atoms with van der Waals surface area (Å²) in [6.45, 7) is 1.22. The molecule has 3 fully saturated rings. The second-order valence-corrected chi connectivity index (χ2v) is 9.09. The van der Waals surface area contributed by atoms with E-state index in [-0.39, 0.29) is 10.8 Å². The van der Waals surface area contributed by atoms with Crippen LogP contribution in [0.1, 0.15) is 19.3 Å². The van der Waals surface area contributed by atoms with Crippen LogP contribution in [0.3, 0.4) is 0 Å². The molecule has 2 heterocycles. The maximum atomic E-state index is 11.2. The van der Waals surface area contributed by atoms with Gasteiger partial charge in [0, 0.05) is 18.2 Å². The van der Waals surface area contributed by atoms with Crippen molar-refractivity contribution in [3.63, 3.8) is 0 Å². The summed E-state index contributed by atoms with van der Waals surface area (Å²) in [5, 5.41) is 6.79. The fourth-order valence-electron chi connectivity index (χ4n) is 4.12. The highest BCUT2D eigenvalue weighted by Gasteiger charge is 2.67. The van der Waals surface area contributed by atoms with Crippen LogP contribution in [-0.4, -0.2) is 43.0 Å². The number of nitrogens with zero attached hydrogens (tertiary/aromatic N) is 2. The van der Waals surface area contributed by atoms with Gasteiger partial charge in [-0.3, -0.25) is 10.1 Å². The van der Waals surface area contributed by atoms with Gasteiger partial charge in [0.15, 0.2) is 0 Å². The molecule has 24 heavy (non-hydrogen) atoms. The topological polar surface area (TPSA) is 97.0 Å². The Hall–Kier alpha value is -1.93. The number of sulfonamides is 1. The maximum absolute atomic E-state index is 11.2. The van der Waals surface area contributed by atoms with E-state index in [1.54, 1.807) is 12.4 Å². The van der Waals surface area contributed by atoms with E-state index < -0.39 is 10.0 Å². The highest BCUT2D eigenvalue weighted by molar-refractivity contribution is 7.88. The van der Waals surface area contributed by atoms with Crippen LogP contribution in [0.4, 0.5) is 0 Å². The number of H-pyrrole nitrogens is 1. The van der Waals surface area contributed by atoms with Crippen LogP contribution in [-0.2, 0) is 10.0 Å². The summed E-state index contributed by atoms with van der Waals surface area (Å²) in [6.07, 6.45) is 7.71. The van der Waals surface area contributed by atoms with Gasteiger partial charge in [0.25, 0.3) is 0 Å². The molecule has 0 spiro atoms. The van der Waals surface area contributed by atoms with E-state index in [9.17, 15) is 8.42 Å². The van der Waals surface area contributed by atoms with E-state index in [2.05, 4.69) is 19.9 Å². The number of hydrogen-bond donors (Lipinski definition) is 2. The standard InChI is InChI=1S/C16H20N4O3S/c1-24(21,22)19-10-15-7-16(8-15,9-15)11-23-12-2-3-13(17-6-12)14-4-5-18-20-14/h2-6,19H,7-11H2,1H3,(H,18,20). The molecule has 8 heteroatoms. The van der Waals surface area contributed by atoms with Crippen LogP contribution in [0.5, 0.6) is 5.75 Å². The molecule has 0 aromatic carbocycles. The number of aromatic amines is 1. The number of rotatable bonds is 7. The molecule has 3 aliphatic carbocycles. The molecule has 128 valence electrons. The van der Waals surface area contributed by atoms with Gasteiger partial charge in [0.1, 0.15) is 5.75 Å². The fourth-order valence-corrected chi connectivity index (χ4v) is 4.68. The van der Waals surface area contributed by atoms with Gasteiger partial charge in [-0.1, -0.05) is 0 Å².